The molecule has 2 rings (SSSR count). The molecule has 0 amide bonds. The quantitative estimate of drug-likeness (QED) is 0.921. The van der Waals surface area contributed by atoms with Crippen molar-refractivity contribution < 1.29 is 9.50 Å². The number of halogens is 1. The van der Waals surface area contributed by atoms with E-state index in [1.165, 1.54) is 11.3 Å². The number of rotatable bonds is 3. The smallest absolute Gasteiger partial charge is 0.131 e. The van der Waals surface area contributed by atoms with Crippen molar-refractivity contribution in [1.29, 1.82) is 0 Å². The van der Waals surface area contributed by atoms with Crippen LogP contribution in [-0.4, -0.2) is 10.1 Å². The third-order valence-electron chi connectivity index (χ3n) is 3.27. The molecule has 0 fully saturated rings. The first-order valence-electron chi connectivity index (χ1n) is 6.67. The Hall–Kier alpha value is -1.26. The number of thiazole rings is 1. The summed E-state index contributed by atoms with van der Waals surface area (Å²) in [6, 6.07) is 5.09. The van der Waals surface area contributed by atoms with Gasteiger partial charge in [0, 0.05) is 22.8 Å². The van der Waals surface area contributed by atoms with Crippen molar-refractivity contribution in [3.8, 4) is 0 Å². The molecule has 1 atom stereocenters. The van der Waals surface area contributed by atoms with Crippen LogP contribution in [0, 0.1) is 12.7 Å². The Morgan fingerprint density at radius 3 is 2.65 bits per heavy atom. The van der Waals surface area contributed by atoms with Crippen molar-refractivity contribution in [2.24, 2.45) is 0 Å². The van der Waals surface area contributed by atoms with Gasteiger partial charge < -0.3 is 5.11 Å². The molecule has 0 bridgehead atoms. The fraction of sp³-hybridized carbons (Fsp3) is 0.438. The van der Waals surface area contributed by atoms with E-state index in [1.807, 2.05) is 5.38 Å². The topological polar surface area (TPSA) is 33.1 Å². The van der Waals surface area contributed by atoms with Crippen LogP contribution in [-0.2, 0) is 11.8 Å². The monoisotopic (exact) mass is 293 g/mol. The van der Waals surface area contributed by atoms with Crippen molar-refractivity contribution in [2.75, 3.05) is 0 Å². The lowest BCUT2D eigenvalue weighted by molar-refractivity contribution is 0.173. The molecule has 1 unspecified atom stereocenters. The second-order valence-electron chi connectivity index (χ2n) is 6.07. The lowest BCUT2D eigenvalue weighted by atomic mass is 9.93. The van der Waals surface area contributed by atoms with E-state index in [2.05, 4.69) is 25.8 Å². The van der Waals surface area contributed by atoms with Gasteiger partial charge in [-0.3, -0.25) is 0 Å². The van der Waals surface area contributed by atoms with Crippen LogP contribution >= 0.6 is 11.3 Å². The van der Waals surface area contributed by atoms with Crippen molar-refractivity contribution in [1.82, 2.24) is 4.98 Å². The Morgan fingerprint density at radius 2 is 2.05 bits per heavy atom. The second kappa shape index (κ2) is 5.62. The molecule has 0 radical (unpaired) electrons. The SMILES string of the molecule is Cc1cccc(C(O)Cc2nc(C(C)(C)C)cs2)c1F. The molecule has 0 aliphatic heterocycles. The summed E-state index contributed by atoms with van der Waals surface area (Å²) in [7, 11) is 0. The minimum absolute atomic E-state index is 0.00567. The van der Waals surface area contributed by atoms with E-state index in [1.54, 1.807) is 25.1 Å². The summed E-state index contributed by atoms with van der Waals surface area (Å²) >= 11 is 1.52. The molecule has 108 valence electrons. The van der Waals surface area contributed by atoms with Crippen LogP contribution in [0.25, 0.3) is 0 Å². The molecule has 0 spiro atoms. The molecule has 0 saturated carbocycles. The number of aromatic nitrogens is 1. The molecular weight excluding hydrogens is 273 g/mol. The maximum atomic E-state index is 14.0. The molecule has 4 heteroatoms. The van der Waals surface area contributed by atoms with Gasteiger partial charge in [0.25, 0.3) is 0 Å². The molecular formula is C16H20FNOS. The third-order valence-corrected chi connectivity index (χ3v) is 4.14. The van der Waals surface area contributed by atoms with Crippen LogP contribution in [0.4, 0.5) is 4.39 Å². The number of aryl methyl sites for hydroxylation is 1. The highest BCUT2D eigenvalue weighted by Crippen LogP contribution is 2.28. The summed E-state index contributed by atoms with van der Waals surface area (Å²) in [5.41, 5.74) is 1.90. The number of aliphatic hydroxyl groups excluding tert-OH is 1. The van der Waals surface area contributed by atoms with Crippen LogP contribution in [0.1, 0.15) is 48.7 Å². The summed E-state index contributed by atoms with van der Waals surface area (Å²) in [5, 5.41) is 13.1. The maximum absolute atomic E-state index is 14.0. The van der Waals surface area contributed by atoms with Gasteiger partial charge in [-0.15, -0.1) is 11.3 Å². The fourth-order valence-corrected chi connectivity index (χ4v) is 3.01. The minimum atomic E-state index is -0.853. The van der Waals surface area contributed by atoms with E-state index >= 15 is 0 Å². The molecule has 1 heterocycles. The van der Waals surface area contributed by atoms with Crippen molar-refractivity contribution in [3.63, 3.8) is 0 Å². The van der Waals surface area contributed by atoms with Gasteiger partial charge in [0.2, 0.25) is 0 Å². The normalized spacial score (nSPS) is 13.5. The average Bonchev–Trinajstić information content (AvgIpc) is 2.81. The second-order valence-corrected chi connectivity index (χ2v) is 7.02. The lowest BCUT2D eigenvalue weighted by Crippen LogP contribution is -2.12. The Kier molecular flexibility index (Phi) is 4.25. The molecule has 0 aliphatic carbocycles. The lowest BCUT2D eigenvalue weighted by Gasteiger charge is -2.15. The van der Waals surface area contributed by atoms with E-state index in [0.717, 1.165) is 10.7 Å². The summed E-state index contributed by atoms with van der Waals surface area (Å²) < 4.78 is 14.0. The van der Waals surface area contributed by atoms with Gasteiger partial charge in [-0.25, -0.2) is 9.37 Å². The summed E-state index contributed by atoms with van der Waals surface area (Å²) in [5.74, 6) is -0.326. The number of nitrogens with zero attached hydrogens (tertiary/aromatic N) is 1. The van der Waals surface area contributed by atoms with E-state index in [9.17, 15) is 9.50 Å². The summed E-state index contributed by atoms with van der Waals surface area (Å²) in [6.07, 6.45) is -0.505. The molecule has 1 aromatic carbocycles. The molecule has 20 heavy (non-hydrogen) atoms. The van der Waals surface area contributed by atoms with E-state index in [-0.39, 0.29) is 11.2 Å². The summed E-state index contributed by atoms with van der Waals surface area (Å²) in [4.78, 5) is 4.54. The highest BCUT2D eigenvalue weighted by molar-refractivity contribution is 7.09. The van der Waals surface area contributed by atoms with E-state index in [4.69, 9.17) is 0 Å². The average molecular weight is 293 g/mol. The fourth-order valence-electron chi connectivity index (χ4n) is 1.95. The van der Waals surface area contributed by atoms with Gasteiger partial charge >= 0.3 is 0 Å². The van der Waals surface area contributed by atoms with E-state index < -0.39 is 6.10 Å². The standard InChI is InChI=1S/C16H20FNOS/c1-10-6-5-7-11(15(10)17)12(19)8-14-18-13(9-20-14)16(2,3)4/h5-7,9,12,19H,8H2,1-4H3. The maximum Gasteiger partial charge on any atom is 0.131 e. The van der Waals surface area contributed by atoms with Gasteiger partial charge in [0.15, 0.2) is 0 Å². The van der Waals surface area contributed by atoms with Gasteiger partial charge in [-0.2, -0.15) is 0 Å². The number of hydrogen-bond acceptors (Lipinski definition) is 3. The first kappa shape index (κ1) is 15.1. The first-order chi connectivity index (χ1) is 9.29. The Morgan fingerprint density at radius 1 is 1.35 bits per heavy atom. The molecule has 1 aromatic heterocycles. The Labute approximate surface area is 123 Å². The van der Waals surface area contributed by atoms with Crippen molar-refractivity contribution in [2.45, 2.75) is 45.6 Å². The van der Waals surface area contributed by atoms with Crippen LogP contribution in [0.3, 0.4) is 0 Å². The Bertz CT molecular complexity index is 601. The zero-order chi connectivity index (χ0) is 14.9. The minimum Gasteiger partial charge on any atom is -0.388 e. The molecule has 2 aromatic rings. The predicted octanol–water partition coefficient (Wildman–Crippen LogP) is 4.16. The highest BCUT2D eigenvalue weighted by atomic mass is 32.1. The molecule has 0 aliphatic rings. The van der Waals surface area contributed by atoms with Gasteiger partial charge in [0.05, 0.1) is 16.8 Å². The highest BCUT2D eigenvalue weighted by Gasteiger charge is 2.20. The van der Waals surface area contributed by atoms with Crippen molar-refractivity contribution in [3.05, 3.63) is 51.2 Å². The van der Waals surface area contributed by atoms with Crippen LogP contribution in [0.5, 0.6) is 0 Å². The van der Waals surface area contributed by atoms with Gasteiger partial charge in [-0.05, 0) is 12.5 Å². The number of hydrogen-bond donors (Lipinski definition) is 1. The van der Waals surface area contributed by atoms with Gasteiger partial charge in [0.1, 0.15) is 5.82 Å². The first-order valence-corrected chi connectivity index (χ1v) is 7.55. The molecule has 2 nitrogen and oxygen atoms in total. The third kappa shape index (κ3) is 3.25. The predicted molar refractivity (Wildman–Crippen MR) is 80.6 cm³/mol. The van der Waals surface area contributed by atoms with Gasteiger partial charge in [-0.1, -0.05) is 39.0 Å². The van der Waals surface area contributed by atoms with Crippen LogP contribution in [0.2, 0.25) is 0 Å². The van der Waals surface area contributed by atoms with Crippen LogP contribution in [0.15, 0.2) is 23.6 Å². The molecule has 0 saturated heterocycles. The summed E-state index contributed by atoms with van der Waals surface area (Å²) in [6.45, 7) is 8.00. The molecule has 1 N–H and O–H groups in total. The van der Waals surface area contributed by atoms with Crippen LogP contribution < -0.4 is 0 Å². The zero-order valence-electron chi connectivity index (χ0n) is 12.3. The Balaban J connectivity index is 2.18. The van der Waals surface area contributed by atoms with Crippen molar-refractivity contribution >= 4 is 11.3 Å². The largest absolute Gasteiger partial charge is 0.388 e. The zero-order valence-corrected chi connectivity index (χ0v) is 13.1. The van der Waals surface area contributed by atoms with E-state index in [0.29, 0.717) is 17.5 Å². The number of benzene rings is 1. The number of aliphatic hydroxyl groups is 1.